The number of anilines is 1. The van der Waals surface area contributed by atoms with Crippen LogP contribution in [0.5, 0.6) is 0 Å². The molecule has 1 N–H and O–H groups in total. The Labute approximate surface area is 183 Å². The smallest absolute Gasteiger partial charge is 0.148 e. The van der Waals surface area contributed by atoms with Crippen LogP contribution in [0.3, 0.4) is 0 Å². The molecule has 7 heteroatoms. The highest BCUT2D eigenvalue weighted by Gasteiger charge is 2.54. The van der Waals surface area contributed by atoms with Crippen LogP contribution < -0.4 is 5.32 Å². The Hall–Kier alpha value is -2.80. The van der Waals surface area contributed by atoms with E-state index >= 15 is 0 Å². The van der Waals surface area contributed by atoms with Crippen LogP contribution in [0.15, 0.2) is 36.7 Å². The summed E-state index contributed by atoms with van der Waals surface area (Å²) in [7, 11) is 1.93. The molecule has 0 bridgehead atoms. The molecule has 1 unspecified atom stereocenters. The molecule has 1 saturated carbocycles. The summed E-state index contributed by atoms with van der Waals surface area (Å²) in [6, 6.07) is 8.23. The van der Waals surface area contributed by atoms with E-state index in [1.807, 2.05) is 49.2 Å². The third-order valence-electron chi connectivity index (χ3n) is 7.19. The number of hydrogen-bond donors (Lipinski definition) is 1. The summed E-state index contributed by atoms with van der Waals surface area (Å²) in [4.78, 5) is 7.13. The summed E-state index contributed by atoms with van der Waals surface area (Å²) < 4.78 is 1.81. The molecule has 162 valence electrons. The molecule has 2 fully saturated rings. The fraction of sp³-hybridized carbons (Fsp3) is 0.500. The molecule has 7 nitrogen and oxygen atoms in total. The molecule has 1 saturated heterocycles. The van der Waals surface area contributed by atoms with Gasteiger partial charge >= 0.3 is 0 Å². The first-order valence-electron chi connectivity index (χ1n) is 11.2. The average Bonchev–Trinajstić information content (AvgIpc) is 3.33. The predicted molar refractivity (Wildman–Crippen MR) is 121 cm³/mol. The summed E-state index contributed by atoms with van der Waals surface area (Å²) in [6.07, 6.45) is 7.80. The zero-order valence-corrected chi connectivity index (χ0v) is 18.7. The van der Waals surface area contributed by atoms with Gasteiger partial charge < -0.3 is 5.32 Å². The lowest BCUT2D eigenvalue weighted by molar-refractivity contribution is 0.155. The zero-order chi connectivity index (χ0) is 21.4. The van der Waals surface area contributed by atoms with E-state index in [0.29, 0.717) is 5.41 Å². The van der Waals surface area contributed by atoms with Gasteiger partial charge in [0.2, 0.25) is 0 Å². The van der Waals surface area contributed by atoms with Crippen LogP contribution >= 0.6 is 0 Å². The lowest BCUT2D eigenvalue weighted by Gasteiger charge is -2.33. The topological polar surface area (TPSA) is 71.8 Å². The number of pyridine rings is 1. The third kappa shape index (κ3) is 4.19. The van der Waals surface area contributed by atoms with Gasteiger partial charge in [-0.1, -0.05) is 6.07 Å². The second-order valence-corrected chi connectivity index (χ2v) is 9.29. The first-order valence-corrected chi connectivity index (χ1v) is 11.2. The molecule has 1 aliphatic heterocycles. The van der Waals surface area contributed by atoms with Gasteiger partial charge in [-0.3, -0.25) is 14.6 Å². The van der Waals surface area contributed by atoms with Crippen molar-refractivity contribution in [3.8, 4) is 11.3 Å². The third-order valence-corrected chi connectivity index (χ3v) is 7.19. The summed E-state index contributed by atoms with van der Waals surface area (Å²) >= 11 is 0. The van der Waals surface area contributed by atoms with Crippen molar-refractivity contribution in [1.82, 2.24) is 29.9 Å². The Bertz CT molecular complexity index is 1050. The maximum Gasteiger partial charge on any atom is 0.148 e. The molecular formula is C24H31N7. The average molecular weight is 418 g/mol. The number of nitrogens with one attached hydrogen (secondary N) is 1. The van der Waals surface area contributed by atoms with Gasteiger partial charge in [0.15, 0.2) is 0 Å². The van der Waals surface area contributed by atoms with Gasteiger partial charge in [-0.2, -0.15) is 5.10 Å². The normalized spacial score (nSPS) is 20.2. The Morgan fingerprint density at radius 1 is 1.13 bits per heavy atom. The SMILES string of the molecule is Cc1cccnc1CN1CCC2(CC1)CC2CNc1ccc(-c2cn(C)nc2C)nn1. The van der Waals surface area contributed by atoms with Gasteiger partial charge in [0.05, 0.1) is 17.1 Å². The Morgan fingerprint density at radius 2 is 1.97 bits per heavy atom. The minimum atomic E-state index is 0.531. The minimum Gasteiger partial charge on any atom is -0.368 e. The number of likely N-dealkylation sites (tertiary alicyclic amines) is 1. The number of rotatable bonds is 6. The number of hydrogen-bond acceptors (Lipinski definition) is 6. The molecule has 0 aromatic carbocycles. The molecule has 3 aromatic rings. The van der Waals surface area contributed by atoms with Crippen LogP contribution in [0.4, 0.5) is 5.82 Å². The van der Waals surface area contributed by atoms with Crippen LogP contribution in [0, 0.1) is 25.2 Å². The molecule has 5 rings (SSSR count). The van der Waals surface area contributed by atoms with E-state index < -0.39 is 0 Å². The van der Waals surface area contributed by atoms with Gasteiger partial charge in [-0.15, -0.1) is 10.2 Å². The molecule has 1 spiro atoms. The van der Waals surface area contributed by atoms with E-state index in [9.17, 15) is 0 Å². The molecule has 3 aromatic heterocycles. The standard InChI is InChI=1S/C24H31N7/c1-17-5-4-10-25-22(17)16-31-11-8-24(9-12-31)13-19(24)14-26-23-7-6-21(27-28-23)20-15-30(3)29-18(20)2/h4-7,10,15,19H,8-9,11-14,16H2,1-3H3,(H,26,28). The minimum absolute atomic E-state index is 0.531. The first-order chi connectivity index (χ1) is 15.0. The van der Waals surface area contributed by atoms with Crippen molar-refractivity contribution >= 4 is 5.82 Å². The fourth-order valence-corrected chi connectivity index (χ4v) is 5.03. The first kappa shape index (κ1) is 20.1. The molecule has 0 radical (unpaired) electrons. The summed E-state index contributed by atoms with van der Waals surface area (Å²) in [6.45, 7) is 8.46. The Kier molecular flexibility index (Phi) is 5.22. The van der Waals surface area contributed by atoms with Crippen LogP contribution in [-0.2, 0) is 13.6 Å². The van der Waals surface area contributed by atoms with Crippen molar-refractivity contribution in [2.24, 2.45) is 18.4 Å². The number of aryl methyl sites for hydroxylation is 3. The van der Waals surface area contributed by atoms with E-state index in [4.69, 9.17) is 0 Å². The van der Waals surface area contributed by atoms with Crippen molar-refractivity contribution in [3.05, 3.63) is 53.6 Å². The van der Waals surface area contributed by atoms with E-state index in [1.165, 1.54) is 43.6 Å². The summed E-state index contributed by atoms with van der Waals surface area (Å²) in [5.41, 5.74) is 5.92. The molecule has 31 heavy (non-hydrogen) atoms. The van der Waals surface area contributed by atoms with Gasteiger partial charge in [-0.05, 0) is 81.3 Å². The second kappa shape index (κ2) is 8.04. The van der Waals surface area contributed by atoms with Gasteiger partial charge in [0.25, 0.3) is 0 Å². The van der Waals surface area contributed by atoms with Crippen molar-refractivity contribution in [2.75, 3.05) is 25.0 Å². The van der Waals surface area contributed by atoms with Crippen LogP contribution in [0.1, 0.15) is 36.2 Å². The highest BCUT2D eigenvalue weighted by Crippen LogP contribution is 2.59. The summed E-state index contributed by atoms with van der Waals surface area (Å²) in [5.74, 6) is 1.60. The lowest BCUT2D eigenvalue weighted by Crippen LogP contribution is -2.35. The molecule has 2 aliphatic rings. The largest absolute Gasteiger partial charge is 0.368 e. The molecule has 1 aliphatic carbocycles. The second-order valence-electron chi connectivity index (χ2n) is 9.29. The Morgan fingerprint density at radius 3 is 2.65 bits per heavy atom. The van der Waals surface area contributed by atoms with Gasteiger partial charge in [0, 0.05) is 38.1 Å². The van der Waals surface area contributed by atoms with Gasteiger partial charge in [0.1, 0.15) is 5.82 Å². The molecule has 4 heterocycles. The van der Waals surface area contributed by atoms with E-state index in [2.05, 4.69) is 43.5 Å². The summed E-state index contributed by atoms with van der Waals surface area (Å²) in [5, 5.41) is 16.7. The number of nitrogens with zero attached hydrogens (tertiary/aromatic N) is 6. The monoisotopic (exact) mass is 417 g/mol. The van der Waals surface area contributed by atoms with Crippen LogP contribution in [0.25, 0.3) is 11.3 Å². The van der Waals surface area contributed by atoms with E-state index in [0.717, 1.165) is 41.8 Å². The highest BCUT2D eigenvalue weighted by molar-refractivity contribution is 5.61. The molecule has 1 atom stereocenters. The fourth-order valence-electron chi connectivity index (χ4n) is 5.03. The van der Waals surface area contributed by atoms with Crippen molar-refractivity contribution in [3.63, 3.8) is 0 Å². The highest BCUT2D eigenvalue weighted by atomic mass is 15.3. The molecular weight excluding hydrogens is 386 g/mol. The number of piperidine rings is 1. The zero-order valence-electron chi connectivity index (χ0n) is 18.7. The van der Waals surface area contributed by atoms with Crippen molar-refractivity contribution in [2.45, 2.75) is 39.7 Å². The van der Waals surface area contributed by atoms with E-state index in [-0.39, 0.29) is 0 Å². The number of aromatic nitrogens is 5. The molecule has 0 amide bonds. The van der Waals surface area contributed by atoms with E-state index in [1.54, 1.807) is 0 Å². The maximum atomic E-state index is 4.56. The lowest BCUT2D eigenvalue weighted by atomic mass is 9.90. The quantitative estimate of drug-likeness (QED) is 0.661. The predicted octanol–water partition coefficient (Wildman–Crippen LogP) is 3.60. The van der Waals surface area contributed by atoms with Crippen molar-refractivity contribution in [1.29, 1.82) is 0 Å². The Balaban J connectivity index is 1.11. The maximum absolute atomic E-state index is 4.56. The van der Waals surface area contributed by atoms with Crippen LogP contribution in [0.2, 0.25) is 0 Å². The van der Waals surface area contributed by atoms with Crippen LogP contribution in [-0.4, -0.2) is 49.5 Å². The van der Waals surface area contributed by atoms with Gasteiger partial charge in [-0.25, -0.2) is 0 Å². The van der Waals surface area contributed by atoms with Crippen molar-refractivity contribution < 1.29 is 0 Å².